The van der Waals surface area contributed by atoms with Crippen molar-refractivity contribution in [1.29, 1.82) is 0 Å². The molecule has 1 aromatic heterocycles. The van der Waals surface area contributed by atoms with E-state index in [0.29, 0.717) is 25.9 Å². The van der Waals surface area contributed by atoms with Crippen molar-refractivity contribution in [2.75, 3.05) is 36.4 Å². The number of amides is 2. The lowest BCUT2D eigenvalue weighted by Gasteiger charge is -2.48. The van der Waals surface area contributed by atoms with Gasteiger partial charge in [-0.1, -0.05) is 6.42 Å². The van der Waals surface area contributed by atoms with Crippen LogP contribution in [0.25, 0.3) is 0 Å². The molecule has 0 aliphatic carbocycles. The number of carbonyl (C=O) groups is 3. The Balaban J connectivity index is 1.51. The molecule has 34 heavy (non-hydrogen) atoms. The SMILES string of the molecule is NC(=O)C1(N2CCCCC2)CCN(c2ncc(NC(=O)c3ccc(F)cc3)cc2C(=O)O)CC1. The first-order valence-electron chi connectivity index (χ1n) is 11.4. The maximum atomic E-state index is 13.1. The monoisotopic (exact) mass is 469 g/mol. The number of carboxylic acid groups (broad SMARTS) is 1. The van der Waals surface area contributed by atoms with Crippen LogP contribution in [0.5, 0.6) is 0 Å². The Kier molecular flexibility index (Phi) is 6.78. The largest absolute Gasteiger partial charge is 0.478 e. The van der Waals surface area contributed by atoms with Crippen molar-refractivity contribution in [3.05, 3.63) is 53.5 Å². The van der Waals surface area contributed by atoms with E-state index in [4.69, 9.17) is 5.73 Å². The predicted molar refractivity (Wildman–Crippen MR) is 124 cm³/mol. The fourth-order valence-electron chi connectivity index (χ4n) is 4.87. The molecule has 1 aromatic carbocycles. The van der Waals surface area contributed by atoms with Gasteiger partial charge in [0.05, 0.1) is 11.9 Å². The number of likely N-dealkylation sites (tertiary alicyclic amines) is 1. The first kappa shape index (κ1) is 23.6. The Hall–Kier alpha value is -3.53. The van der Waals surface area contributed by atoms with E-state index >= 15 is 0 Å². The molecule has 2 aliphatic heterocycles. The summed E-state index contributed by atoms with van der Waals surface area (Å²) in [7, 11) is 0. The molecule has 2 saturated heterocycles. The van der Waals surface area contributed by atoms with Crippen LogP contribution < -0.4 is 16.0 Å². The summed E-state index contributed by atoms with van der Waals surface area (Å²) in [5.41, 5.74) is 5.52. The molecule has 2 aromatic rings. The summed E-state index contributed by atoms with van der Waals surface area (Å²) in [4.78, 5) is 45.2. The van der Waals surface area contributed by atoms with Crippen LogP contribution >= 0.6 is 0 Å². The van der Waals surface area contributed by atoms with Crippen LogP contribution in [0.1, 0.15) is 52.8 Å². The van der Waals surface area contributed by atoms with Crippen LogP contribution in [-0.2, 0) is 4.79 Å². The highest BCUT2D eigenvalue weighted by Gasteiger charge is 2.45. The Morgan fingerprint density at radius 2 is 1.68 bits per heavy atom. The zero-order valence-corrected chi connectivity index (χ0v) is 18.8. The Morgan fingerprint density at radius 3 is 2.26 bits per heavy atom. The summed E-state index contributed by atoms with van der Waals surface area (Å²) >= 11 is 0. The molecule has 0 bridgehead atoms. The van der Waals surface area contributed by atoms with Gasteiger partial charge in [-0.3, -0.25) is 14.5 Å². The molecule has 0 spiro atoms. The summed E-state index contributed by atoms with van der Waals surface area (Å²) in [6.45, 7) is 2.55. The topological polar surface area (TPSA) is 129 Å². The lowest BCUT2D eigenvalue weighted by molar-refractivity contribution is -0.132. The van der Waals surface area contributed by atoms with Crippen LogP contribution in [0.4, 0.5) is 15.9 Å². The average molecular weight is 470 g/mol. The number of halogens is 1. The first-order valence-corrected chi connectivity index (χ1v) is 11.4. The number of carbonyl (C=O) groups excluding carboxylic acids is 2. The van der Waals surface area contributed by atoms with Gasteiger partial charge in [0.2, 0.25) is 5.91 Å². The number of hydrogen-bond donors (Lipinski definition) is 3. The standard InChI is InChI=1S/C24H28FN5O4/c25-17-6-4-16(5-7-17)21(31)28-18-14-19(22(32)33)20(27-15-18)29-12-8-24(9-13-29,23(26)34)30-10-2-1-3-11-30/h4-7,14-15H,1-3,8-13H2,(H2,26,34)(H,28,31)(H,32,33). The third-order valence-electron chi connectivity index (χ3n) is 6.77. The molecule has 4 rings (SSSR count). The number of pyridine rings is 1. The van der Waals surface area contributed by atoms with Crippen molar-refractivity contribution < 1.29 is 23.9 Å². The molecule has 4 N–H and O–H groups in total. The Labute approximate surface area is 196 Å². The number of anilines is 2. The molecular weight excluding hydrogens is 441 g/mol. The van der Waals surface area contributed by atoms with Gasteiger partial charge < -0.3 is 21.1 Å². The van der Waals surface area contributed by atoms with E-state index in [9.17, 15) is 23.9 Å². The predicted octanol–water partition coefficient (Wildman–Crippen LogP) is 2.48. The third kappa shape index (κ3) is 4.72. The molecule has 0 radical (unpaired) electrons. The molecule has 2 fully saturated rings. The number of nitrogens with two attached hydrogens (primary N) is 1. The normalized spacial score (nSPS) is 18.3. The van der Waals surface area contributed by atoms with Gasteiger partial charge >= 0.3 is 5.97 Å². The van der Waals surface area contributed by atoms with Crippen molar-refractivity contribution in [1.82, 2.24) is 9.88 Å². The van der Waals surface area contributed by atoms with E-state index in [-0.39, 0.29) is 28.5 Å². The molecule has 9 nitrogen and oxygen atoms in total. The summed E-state index contributed by atoms with van der Waals surface area (Å²) in [5.74, 6) is -2.19. The zero-order chi connectivity index (χ0) is 24.3. The van der Waals surface area contributed by atoms with Crippen LogP contribution in [0, 0.1) is 5.82 Å². The molecular formula is C24H28FN5O4. The number of benzene rings is 1. The Morgan fingerprint density at radius 1 is 1.03 bits per heavy atom. The highest BCUT2D eigenvalue weighted by molar-refractivity contribution is 6.05. The molecule has 3 heterocycles. The summed E-state index contributed by atoms with van der Waals surface area (Å²) in [6.07, 6.45) is 5.60. The van der Waals surface area contributed by atoms with E-state index in [1.54, 1.807) is 0 Å². The number of carboxylic acids is 1. The molecule has 2 amide bonds. The molecule has 0 atom stereocenters. The van der Waals surface area contributed by atoms with Gasteiger partial charge in [-0.05, 0) is 69.1 Å². The number of rotatable bonds is 6. The highest BCUT2D eigenvalue weighted by Crippen LogP contribution is 2.34. The van der Waals surface area contributed by atoms with Gasteiger partial charge in [-0.25, -0.2) is 14.2 Å². The van der Waals surface area contributed by atoms with Crippen molar-refractivity contribution in [3.63, 3.8) is 0 Å². The van der Waals surface area contributed by atoms with Gasteiger partial charge in [0.15, 0.2) is 0 Å². The van der Waals surface area contributed by atoms with Crippen molar-refractivity contribution >= 4 is 29.3 Å². The van der Waals surface area contributed by atoms with Gasteiger partial charge in [-0.2, -0.15) is 0 Å². The van der Waals surface area contributed by atoms with Gasteiger partial charge in [-0.15, -0.1) is 0 Å². The average Bonchev–Trinajstić information content (AvgIpc) is 2.85. The summed E-state index contributed by atoms with van der Waals surface area (Å²) < 4.78 is 13.1. The van der Waals surface area contributed by atoms with E-state index in [2.05, 4.69) is 15.2 Å². The fourth-order valence-corrected chi connectivity index (χ4v) is 4.87. The number of hydrogen-bond acceptors (Lipinski definition) is 6. The lowest BCUT2D eigenvalue weighted by atomic mass is 9.83. The summed E-state index contributed by atoms with van der Waals surface area (Å²) in [6, 6.07) is 6.38. The number of aromatic carboxylic acids is 1. The molecule has 10 heteroatoms. The Bertz CT molecular complexity index is 1080. The molecule has 180 valence electrons. The van der Waals surface area contributed by atoms with E-state index in [1.807, 2.05) is 4.90 Å². The van der Waals surface area contributed by atoms with E-state index in [0.717, 1.165) is 32.4 Å². The van der Waals surface area contributed by atoms with Gasteiger partial charge in [0.25, 0.3) is 5.91 Å². The molecule has 0 saturated carbocycles. The second-order valence-electron chi connectivity index (χ2n) is 8.79. The van der Waals surface area contributed by atoms with E-state index < -0.39 is 23.2 Å². The smallest absolute Gasteiger partial charge is 0.339 e. The van der Waals surface area contributed by atoms with Gasteiger partial charge in [0, 0.05) is 18.7 Å². The van der Waals surface area contributed by atoms with Crippen LogP contribution in [0.3, 0.4) is 0 Å². The lowest BCUT2D eigenvalue weighted by Crippen LogP contribution is -2.63. The second kappa shape index (κ2) is 9.76. The van der Waals surface area contributed by atoms with Crippen LogP contribution in [-0.4, -0.2) is 64.5 Å². The van der Waals surface area contributed by atoms with Crippen LogP contribution in [0.15, 0.2) is 36.5 Å². The number of nitrogens with one attached hydrogen (secondary N) is 1. The van der Waals surface area contributed by atoms with Crippen LogP contribution in [0.2, 0.25) is 0 Å². The number of primary amides is 1. The maximum absolute atomic E-state index is 13.1. The maximum Gasteiger partial charge on any atom is 0.339 e. The zero-order valence-electron chi connectivity index (χ0n) is 18.8. The summed E-state index contributed by atoms with van der Waals surface area (Å²) in [5, 5.41) is 12.4. The van der Waals surface area contributed by atoms with Gasteiger partial charge in [0.1, 0.15) is 22.7 Å². The minimum absolute atomic E-state index is 0.0542. The molecule has 0 unspecified atom stereocenters. The number of piperidine rings is 2. The van der Waals surface area contributed by atoms with Crippen molar-refractivity contribution in [3.8, 4) is 0 Å². The van der Waals surface area contributed by atoms with Crippen molar-refractivity contribution in [2.24, 2.45) is 5.73 Å². The minimum Gasteiger partial charge on any atom is -0.478 e. The second-order valence-corrected chi connectivity index (χ2v) is 8.79. The number of aromatic nitrogens is 1. The number of nitrogens with zero attached hydrogens (tertiary/aromatic N) is 3. The third-order valence-corrected chi connectivity index (χ3v) is 6.77. The minimum atomic E-state index is -1.18. The first-order chi connectivity index (χ1) is 16.3. The van der Waals surface area contributed by atoms with E-state index in [1.165, 1.54) is 36.5 Å². The fraction of sp³-hybridized carbons (Fsp3) is 0.417. The molecule has 2 aliphatic rings. The quantitative estimate of drug-likeness (QED) is 0.593. The van der Waals surface area contributed by atoms with Crippen molar-refractivity contribution in [2.45, 2.75) is 37.6 Å². The highest BCUT2D eigenvalue weighted by atomic mass is 19.1.